The number of ether oxygens (including phenoxy) is 1. The zero-order valence-electron chi connectivity index (χ0n) is 14.0. The van der Waals surface area contributed by atoms with Gasteiger partial charge >= 0.3 is 0 Å². The number of halogens is 1. The first-order valence-corrected chi connectivity index (χ1v) is 9.11. The first-order valence-electron chi connectivity index (χ1n) is 8.04. The minimum atomic E-state index is 0.00675. The molecule has 7 nitrogen and oxygen atoms in total. The van der Waals surface area contributed by atoms with Crippen molar-refractivity contribution < 1.29 is 9.53 Å². The molecule has 2 aromatic rings. The summed E-state index contributed by atoms with van der Waals surface area (Å²) in [5.41, 5.74) is 0.828. The van der Waals surface area contributed by atoms with Crippen molar-refractivity contribution >= 4 is 40.1 Å². The monoisotopic (exact) mass is 453 g/mol. The molecule has 1 amide bonds. The van der Waals surface area contributed by atoms with Gasteiger partial charge in [0.25, 0.3) is 0 Å². The van der Waals surface area contributed by atoms with Gasteiger partial charge in [-0.05, 0) is 46.9 Å². The summed E-state index contributed by atoms with van der Waals surface area (Å²) >= 11 is 2.24. The molecule has 0 unspecified atom stereocenters. The molecule has 1 aliphatic rings. The van der Waals surface area contributed by atoms with Crippen LogP contribution >= 0.6 is 22.6 Å². The lowest BCUT2D eigenvalue weighted by molar-refractivity contribution is -0.117. The van der Waals surface area contributed by atoms with Crippen LogP contribution in [-0.2, 0) is 4.79 Å². The largest absolute Gasteiger partial charge is 0.481 e. The second-order valence-corrected chi connectivity index (χ2v) is 6.96. The number of hydrogen-bond donors (Lipinski definition) is 1. The third-order valence-electron chi connectivity index (χ3n) is 3.98. The van der Waals surface area contributed by atoms with Gasteiger partial charge in [-0.3, -0.25) is 9.69 Å². The highest BCUT2D eigenvalue weighted by molar-refractivity contribution is 14.1. The summed E-state index contributed by atoms with van der Waals surface area (Å²) in [5.74, 6) is 1.24. The number of nitrogens with one attached hydrogen (secondary N) is 1. The Morgan fingerprint density at radius 2 is 1.92 bits per heavy atom. The normalized spacial score (nSPS) is 15.0. The smallest absolute Gasteiger partial charge is 0.238 e. The van der Waals surface area contributed by atoms with E-state index in [0.29, 0.717) is 18.4 Å². The number of benzene rings is 1. The summed E-state index contributed by atoms with van der Waals surface area (Å²) in [6.07, 6.45) is 1.70. The van der Waals surface area contributed by atoms with E-state index in [4.69, 9.17) is 4.74 Å². The summed E-state index contributed by atoms with van der Waals surface area (Å²) < 4.78 is 6.29. The molecule has 0 spiro atoms. The summed E-state index contributed by atoms with van der Waals surface area (Å²) in [7, 11) is 1.59. The second kappa shape index (κ2) is 8.43. The lowest BCUT2D eigenvalue weighted by Gasteiger charge is -2.34. The van der Waals surface area contributed by atoms with Gasteiger partial charge < -0.3 is 15.0 Å². The van der Waals surface area contributed by atoms with Gasteiger partial charge in [-0.25, -0.2) is 4.98 Å². The minimum Gasteiger partial charge on any atom is -0.481 e. The van der Waals surface area contributed by atoms with E-state index in [1.165, 1.54) is 0 Å². The molecule has 1 fully saturated rings. The molecule has 8 heteroatoms. The fourth-order valence-corrected chi connectivity index (χ4v) is 3.00. The van der Waals surface area contributed by atoms with Gasteiger partial charge in [-0.15, -0.1) is 0 Å². The molecule has 2 heterocycles. The molecule has 0 atom stereocenters. The first-order chi connectivity index (χ1) is 12.1. The number of amides is 1. The van der Waals surface area contributed by atoms with Crippen LogP contribution in [0.5, 0.6) is 5.88 Å². The molecular weight excluding hydrogens is 433 g/mol. The number of anilines is 2. The number of nitrogens with zero attached hydrogens (tertiary/aromatic N) is 4. The molecular formula is C17H20IN5O2. The zero-order chi connectivity index (χ0) is 17.6. The maximum atomic E-state index is 12.2. The van der Waals surface area contributed by atoms with E-state index in [1.54, 1.807) is 19.4 Å². The Bertz CT molecular complexity index is 717. The molecule has 1 aromatic carbocycles. The van der Waals surface area contributed by atoms with Gasteiger partial charge in [0, 0.05) is 47.7 Å². The van der Waals surface area contributed by atoms with E-state index in [-0.39, 0.29) is 5.91 Å². The topological polar surface area (TPSA) is 70.6 Å². The van der Waals surface area contributed by atoms with Crippen molar-refractivity contribution in [3.05, 3.63) is 40.1 Å². The van der Waals surface area contributed by atoms with Gasteiger partial charge in [0.05, 0.1) is 13.7 Å². The van der Waals surface area contributed by atoms with Gasteiger partial charge in [0.2, 0.25) is 17.7 Å². The molecule has 132 valence electrons. The van der Waals surface area contributed by atoms with Crippen molar-refractivity contribution in [1.29, 1.82) is 0 Å². The van der Waals surface area contributed by atoms with E-state index in [2.05, 4.69) is 47.7 Å². The standard InChI is InChI=1S/C17H20IN5O2/c1-25-16-6-7-19-17(21-16)23-10-8-22(9-11-23)12-15(24)20-14-4-2-13(18)3-5-14/h2-7H,8-12H2,1H3,(H,20,24). The van der Waals surface area contributed by atoms with E-state index in [9.17, 15) is 4.79 Å². The lowest BCUT2D eigenvalue weighted by atomic mass is 10.3. The summed E-state index contributed by atoms with van der Waals surface area (Å²) in [6, 6.07) is 9.51. The van der Waals surface area contributed by atoms with Gasteiger partial charge in [0.1, 0.15) is 0 Å². The Morgan fingerprint density at radius 1 is 1.20 bits per heavy atom. The second-order valence-electron chi connectivity index (χ2n) is 5.72. The third kappa shape index (κ3) is 5.02. The first kappa shape index (κ1) is 17.9. The molecule has 1 aromatic heterocycles. The van der Waals surface area contributed by atoms with Crippen molar-refractivity contribution in [2.24, 2.45) is 0 Å². The van der Waals surface area contributed by atoms with Crippen LogP contribution < -0.4 is 15.0 Å². The quantitative estimate of drug-likeness (QED) is 0.698. The number of carbonyl (C=O) groups is 1. The van der Waals surface area contributed by atoms with Gasteiger partial charge in [-0.1, -0.05) is 0 Å². The van der Waals surface area contributed by atoms with Crippen LogP contribution in [0.25, 0.3) is 0 Å². The van der Waals surface area contributed by atoms with E-state index in [1.807, 2.05) is 24.3 Å². The Morgan fingerprint density at radius 3 is 2.60 bits per heavy atom. The Labute approximate surface area is 160 Å². The van der Waals surface area contributed by atoms with Gasteiger partial charge in [0.15, 0.2) is 0 Å². The fraction of sp³-hybridized carbons (Fsp3) is 0.353. The van der Waals surface area contributed by atoms with E-state index >= 15 is 0 Å². The molecule has 0 aliphatic carbocycles. The summed E-state index contributed by atoms with van der Waals surface area (Å²) in [6.45, 7) is 3.54. The van der Waals surface area contributed by atoms with Crippen LogP contribution in [0.1, 0.15) is 0 Å². The predicted octanol–water partition coefficient (Wildman–Crippen LogP) is 1.85. The number of aromatic nitrogens is 2. The number of rotatable bonds is 5. The average molecular weight is 453 g/mol. The van der Waals surface area contributed by atoms with Crippen molar-refractivity contribution in [3.63, 3.8) is 0 Å². The van der Waals surface area contributed by atoms with Crippen LogP contribution in [0.4, 0.5) is 11.6 Å². The number of carbonyl (C=O) groups excluding carboxylic acids is 1. The van der Waals surface area contributed by atoms with E-state index in [0.717, 1.165) is 35.4 Å². The molecule has 0 radical (unpaired) electrons. The predicted molar refractivity (Wildman–Crippen MR) is 105 cm³/mol. The van der Waals surface area contributed by atoms with Crippen molar-refractivity contribution in [2.45, 2.75) is 0 Å². The van der Waals surface area contributed by atoms with Crippen LogP contribution in [0.15, 0.2) is 36.5 Å². The maximum Gasteiger partial charge on any atom is 0.238 e. The molecule has 25 heavy (non-hydrogen) atoms. The van der Waals surface area contributed by atoms with Crippen LogP contribution in [0.2, 0.25) is 0 Å². The molecule has 1 saturated heterocycles. The molecule has 0 bridgehead atoms. The summed E-state index contributed by atoms with van der Waals surface area (Å²) in [4.78, 5) is 25.1. The zero-order valence-corrected chi connectivity index (χ0v) is 16.1. The Hall–Kier alpha value is -1.94. The van der Waals surface area contributed by atoms with Gasteiger partial charge in [-0.2, -0.15) is 4.98 Å². The van der Waals surface area contributed by atoms with Crippen molar-refractivity contribution in [1.82, 2.24) is 14.9 Å². The number of hydrogen-bond acceptors (Lipinski definition) is 6. The fourth-order valence-electron chi connectivity index (χ4n) is 2.64. The SMILES string of the molecule is COc1ccnc(N2CCN(CC(=O)Nc3ccc(I)cc3)CC2)n1. The highest BCUT2D eigenvalue weighted by Gasteiger charge is 2.21. The highest BCUT2D eigenvalue weighted by atomic mass is 127. The van der Waals surface area contributed by atoms with Crippen LogP contribution in [-0.4, -0.2) is 60.6 Å². The van der Waals surface area contributed by atoms with E-state index < -0.39 is 0 Å². The lowest BCUT2D eigenvalue weighted by Crippen LogP contribution is -2.49. The molecule has 0 saturated carbocycles. The Balaban J connectivity index is 1.48. The number of methoxy groups -OCH3 is 1. The van der Waals surface area contributed by atoms with Crippen molar-refractivity contribution in [2.75, 3.05) is 50.1 Å². The summed E-state index contributed by atoms with van der Waals surface area (Å²) in [5, 5.41) is 2.94. The molecule has 1 aliphatic heterocycles. The van der Waals surface area contributed by atoms with Crippen LogP contribution in [0.3, 0.4) is 0 Å². The third-order valence-corrected chi connectivity index (χ3v) is 4.70. The average Bonchev–Trinajstić information content (AvgIpc) is 2.64. The minimum absolute atomic E-state index is 0.00675. The maximum absolute atomic E-state index is 12.2. The highest BCUT2D eigenvalue weighted by Crippen LogP contribution is 2.15. The molecule has 3 rings (SSSR count). The molecule has 1 N–H and O–H groups in total. The van der Waals surface area contributed by atoms with Crippen molar-refractivity contribution in [3.8, 4) is 5.88 Å². The number of piperazine rings is 1. The Kier molecular flexibility index (Phi) is 6.03. The van der Waals surface area contributed by atoms with Crippen LogP contribution in [0, 0.1) is 3.57 Å².